The van der Waals surface area contributed by atoms with Gasteiger partial charge in [-0.3, -0.25) is 4.79 Å². The number of carbonyl (C=O) groups is 1. The minimum Gasteiger partial charge on any atom is -0.496 e. The van der Waals surface area contributed by atoms with E-state index in [1.807, 2.05) is 0 Å². The highest BCUT2D eigenvalue weighted by molar-refractivity contribution is 6.07. The summed E-state index contributed by atoms with van der Waals surface area (Å²) in [5.41, 5.74) is -0.477. The molecule has 0 fully saturated rings. The summed E-state index contributed by atoms with van der Waals surface area (Å²) in [5.74, 6) is 0.722. The van der Waals surface area contributed by atoms with E-state index < -0.39 is 17.5 Å². The molecule has 2 rings (SSSR count). The molecule has 0 bridgehead atoms. The average Bonchev–Trinajstić information content (AvgIpc) is 2.64. The SMILES string of the molecule is COc1cc(OC)c(/C=C/C(=O)c2cccc(C(F)(F)F)c2)c(OC)c1. The Morgan fingerprint density at radius 3 is 2.08 bits per heavy atom. The molecule has 0 aliphatic heterocycles. The highest BCUT2D eigenvalue weighted by atomic mass is 19.4. The van der Waals surface area contributed by atoms with Crippen molar-refractivity contribution in [2.24, 2.45) is 0 Å². The molecule has 0 saturated carbocycles. The van der Waals surface area contributed by atoms with Crippen LogP contribution >= 0.6 is 0 Å². The van der Waals surface area contributed by atoms with Crippen LogP contribution in [0.4, 0.5) is 13.2 Å². The van der Waals surface area contributed by atoms with Gasteiger partial charge in [0, 0.05) is 17.7 Å². The number of allylic oxidation sites excluding steroid dienone is 1. The van der Waals surface area contributed by atoms with Crippen molar-refractivity contribution in [3.8, 4) is 17.2 Å². The molecular formula is C19H17F3O4. The van der Waals surface area contributed by atoms with Crippen molar-refractivity contribution >= 4 is 11.9 Å². The minimum absolute atomic E-state index is 0.0671. The Morgan fingerprint density at radius 1 is 0.962 bits per heavy atom. The van der Waals surface area contributed by atoms with Crippen molar-refractivity contribution in [2.45, 2.75) is 6.18 Å². The van der Waals surface area contributed by atoms with Crippen LogP contribution in [0.5, 0.6) is 17.2 Å². The Kier molecular flexibility index (Phi) is 5.92. The predicted octanol–water partition coefficient (Wildman–Crippen LogP) is 4.63. The number of ketones is 1. The summed E-state index contributed by atoms with van der Waals surface area (Å²) < 4.78 is 54.0. The van der Waals surface area contributed by atoms with E-state index in [1.54, 1.807) is 12.1 Å². The molecule has 0 N–H and O–H groups in total. The lowest BCUT2D eigenvalue weighted by atomic mass is 10.0. The van der Waals surface area contributed by atoms with Crippen molar-refractivity contribution in [1.82, 2.24) is 0 Å². The minimum atomic E-state index is -4.51. The zero-order valence-corrected chi connectivity index (χ0v) is 14.4. The number of ether oxygens (including phenoxy) is 3. The third-order valence-corrected chi connectivity index (χ3v) is 3.63. The Bertz CT molecular complexity index is 801. The molecule has 2 aromatic rings. The van der Waals surface area contributed by atoms with E-state index in [0.29, 0.717) is 22.8 Å². The average molecular weight is 366 g/mol. The van der Waals surface area contributed by atoms with Gasteiger partial charge in [-0.15, -0.1) is 0 Å². The fourth-order valence-corrected chi connectivity index (χ4v) is 2.30. The third-order valence-electron chi connectivity index (χ3n) is 3.63. The van der Waals surface area contributed by atoms with E-state index in [1.165, 1.54) is 45.6 Å². The predicted molar refractivity (Wildman–Crippen MR) is 90.9 cm³/mol. The Hall–Kier alpha value is -2.96. The second kappa shape index (κ2) is 7.95. The van der Waals surface area contributed by atoms with Gasteiger partial charge in [-0.2, -0.15) is 13.2 Å². The number of carbonyl (C=O) groups excluding carboxylic acids is 1. The molecule has 0 aromatic heterocycles. The first-order valence-corrected chi connectivity index (χ1v) is 7.49. The lowest BCUT2D eigenvalue weighted by Gasteiger charge is -2.12. The number of hydrogen-bond acceptors (Lipinski definition) is 4. The van der Waals surface area contributed by atoms with Crippen molar-refractivity contribution in [3.63, 3.8) is 0 Å². The summed E-state index contributed by atoms with van der Waals surface area (Å²) in [5, 5.41) is 0. The fraction of sp³-hybridized carbons (Fsp3) is 0.211. The maximum Gasteiger partial charge on any atom is 0.416 e. The quantitative estimate of drug-likeness (QED) is 0.552. The first kappa shape index (κ1) is 19.4. The largest absolute Gasteiger partial charge is 0.496 e. The first-order valence-electron chi connectivity index (χ1n) is 7.49. The number of benzene rings is 2. The maximum atomic E-state index is 12.8. The molecule has 0 saturated heterocycles. The van der Waals surface area contributed by atoms with E-state index in [2.05, 4.69) is 0 Å². The summed E-state index contributed by atoms with van der Waals surface area (Å²) >= 11 is 0. The summed E-state index contributed by atoms with van der Waals surface area (Å²) in [6, 6.07) is 7.46. The maximum absolute atomic E-state index is 12.8. The van der Waals surface area contributed by atoms with Gasteiger partial charge in [-0.1, -0.05) is 12.1 Å². The fourth-order valence-electron chi connectivity index (χ4n) is 2.30. The molecule has 138 valence electrons. The van der Waals surface area contributed by atoms with Gasteiger partial charge < -0.3 is 14.2 Å². The molecular weight excluding hydrogens is 349 g/mol. The van der Waals surface area contributed by atoms with E-state index in [9.17, 15) is 18.0 Å². The van der Waals surface area contributed by atoms with Crippen molar-refractivity contribution in [2.75, 3.05) is 21.3 Å². The lowest BCUT2D eigenvalue weighted by Crippen LogP contribution is -2.06. The second-order valence-corrected chi connectivity index (χ2v) is 5.22. The molecule has 2 aromatic carbocycles. The summed E-state index contributed by atoms with van der Waals surface area (Å²) in [6.07, 6.45) is -1.91. The van der Waals surface area contributed by atoms with Gasteiger partial charge in [0.25, 0.3) is 0 Å². The Labute approximate surface area is 148 Å². The van der Waals surface area contributed by atoms with Gasteiger partial charge in [0.1, 0.15) is 17.2 Å². The van der Waals surface area contributed by atoms with E-state index in [4.69, 9.17) is 14.2 Å². The zero-order valence-electron chi connectivity index (χ0n) is 14.4. The molecule has 26 heavy (non-hydrogen) atoms. The van der Waals surface area contributed by atoms with Crippen LogP contribution in [0, 0.1) is 0 Å². The molecule has 0 atom stereocenters. The normalized spacial score (nSPS) is 11.5. The van der Waals surface area contributed by atoms with Crippen LogP contribution in [0.3, 0.4) is 0 Å². The van der Waals surface area contributed by atoms with Crippen molar-refractivity contribution < 1.29 is 32.2 Å². The highest BCUT2D eigenvalue weighted by Gasteiger charge is 2.30. The monoisotopic (exact) mass is 366 g/mol. The van der Waals surface area contributed by atoms with Crippen LogP contribution in [0.1, 0.15) is 21.5 Å². The van der Waals surface area contributed by atoms with Crippen molar-refractivity contribution in [3.05, 3.63) is 59.2 Å². The molecule has 0 aliphatic rings. The number of rotatable bonds is 6. The lowest BCUT2D eigenvalue weighted by molar-refractivity contribution is -0.137. The second-order valence-electron chi connectivity index (χ2n) is 5.22. The number of hydrogen-bond donors (Lipinski definition) is 0. The van der Waals surface area contributed by atoms with Crippen LogP contribution < -0.4 is 14.2 Å². The molecule has 0 unspecified atom stereocenters. The van der Waals surface area contributed by atoms with Gasteiger partial charge in [-0.05, 0) is 24.3 Å². The van der Waals surface area contributed by atoms with E-state index in [0.717, 1.165) is 12.1 Å². The number of alkyl halides is 3. The summed E-state index contributed by atoms with van der Waals surface area (Å²) in [6.45, 7) is 0. The highest BCUT2D eigenvalue weighted by Crippen LogP contribution is 2.35. The third kappa shape index (κ3) is 4.36. The van der Waals surface area contributed by atoms with Crippen LogP contribution in [0.2, 0.25) is 0 Å². The topological polar surface area (TPSA) is 44.8 Å². The molecule has 0 amide bonds. The van der Waals surface area contributed by atoms with E-state index in [-0.39, 0.29) is 5.56 Å². The van der Waals surface area contributed by atoms with Crippen LogP contribution in [0.25, 0.3) is 6.08 Å². The van der Waals surface area contributed by atoms with E-state index >= 15 is 0 Å². The Morgan fingerprint density at radius 2 is 1.58 bits per heavy atom. The van der Waals surface area contributed by atoms with Crippen LogP contribution in [0.15, 0.2) is 42.5 Å². The van der Waals surface area contributed by atoms with Gasteiger partial charge >= 0.3 is 6.18 Å². The molecule has 7 heteroatoms. The van der Waals surface area contributed by atoms with Gasteiger partial charge in [0.2, 0.25) is 0 Å². The molecule has 0 heterocycles. The van der Waals surface area contributed by atoms with Gasteiger partial charge in [0.05, 0.1) is 32.5 Å². The van der Waals surface area contributed by atoms with Gasteiger partial charge in [-0.25, -0.2) is 0 Å². The number of methoxy groups -OCH3 is 3. The smallest absolute Gasteiger partial charge is 0.416 e. The Balaban J connectivity index is 2.37. The molecule has 0 radical (unpaired) electrons. The standard InChI is InChI=1S/C19H17F3O4/c1-24-14-10-17(25-2)15(18(11-14)26-3)7-8-16(23)12-5-4-6-13(9-12)19(20,21)22/h4-11H,1-3H3/b8-7+. The first-order chi connectivity index (χ1) is 12.3. The molecule has 4 nitrogen and oxygen atoms in total. The van der Waals surface area contributed by atoms with Crippen LogP contribution in [-0.2, 0) is 6.18 Å². The van der Waals surface area contributed by atoms with Gasteiger partial charge in [0.15, 0.2) is 5.78 Å². The number of halogens is 3. The molecule has 0 aliphatic carbocycles. The van der Waals surface area contributed by atoms with Crippen molar-refractivity contribution in [1.29, 1.82) is 0 Å². The van der Waals surface area contributed by atoms with Crippen LogP contribution in [-0.4, -0.2) is 27.1 Å². The zero-order chi connectivity index (χ0) is 19.3. The molecule has 0 spiro atoms. The summed E-state index contributed by atoms with van der Waals surface area (Å²) in [4.78, 5) is 12.3. The summed E-state index contributed by atoms with van der Waals surface area (Å²) in [7, 11) is 4.38.